The minimum absolute atomic E-state index is 0.652. The Kier molecular flexibility index (Phi) is 10.9. The van der Waals surface area contributed by atoms with Crippen LogP contribution in [-0.4, -0.2) is 39.3 Å². The molecule has 0 radical (unpaired) electrons. The highest BCUT2D eigenvalue weighted by molar-refractivity contribution is 5.60. The third-order valence-electron chi connectivity index (χ3n) is 8.45. The van der Waals surface area contributed by atoms with Crippen LogP contribution in [0.2, 0.25) is 0 Å². The molecule has 0 atom stereocenters. The smallest absolute Gasteiger partial charge is 0.112 e. The number of hydrogen-bond donors (Lipinski definition) is 2. The standard InChI is InChI=1S/C37H49N5/c1-7-40(8-2)34-24-18-30(19-25-34)37(39-38-33-16-14-13-15-17-33,31-20-26-35(27-21-31)41(9-3)10-4)32-22-28-36(29-23-32)42(11-5)12-6/h13-29,38-39H,7-12H2,1-6H3. The van der Waals surface area contributed by atoms with E-state index < -0.39 is 5.54 Å². The summed E-state index contributed by atoms with van der Waals surface area (Å²) in [6.45, 7) is 19.1. The number of anilines is 4. The normalized spacial score (nSPS) is 11.3. The SMILES string of the molecule is CCN(CC)c1ccc(C(NNc2ccccc2)(c2ccc(N(CC)CC)cc2)c2ccc(N(CC)CC)cc2)cc1. The predicted octanol–water partition coefficient (Wildman–Crippen LogP) is 8.13. The lowest BCUT2D eigenvalue weighted by Gasteiger charge is -2.38. The summed E-state index contributed by atoms with van der Waals surface area (Å²) in [7, 11) is 0. The van der Waals surface area contributed by atoms with Gasteiger partial charge in [-0.05, 0) is 107 Å². The summed E-state index contributed by atoms with van der Waals surface area (Å²) in [4.78, 5) is 7.16. The van der Waals surface area contributed by atoms with Crippen LogP contribution in [0.25, 0.3) is 0 Å². The molecule has 0 saturated carbocycles. The van der Waals surface area contributed by atoms with E-state index in [0.29, 0.717) is 0 Å². The molecule has 0 spiro atoms. The molecule has 42 heavy (non-hydrogen) atoms. The molecule has 0 aliphatic rings. The summed E-state index contributed by atoms with van der Waals surface area (Å²) in [6.07, 6.45) is 0. The zero-order valence-electron chi connectivity index (χ0n) is 26.4. The highest BCUT2D eigenvalue weighted by atomic mass is 15.4. The van der Waals surface area contributed by atoms with Crippen molar-refractivity contribution in [1.29, 1.82) is 0 Å². The van der Waals surface area contributed by atoms with E-state index in [9.17, 15) is 0 Å². The number of nitrogens with zero attached hydrogens (tertiary/aromatic N) is 3. The fourth-order valence-corrected chi connectivity index (χ4v) is 5.94. The molecule has 0 aromatic heterocycles. The Bertz CT molecular complexity index is 1190. The summed E-state index contributed by atoms with van der Waals surface area (Å²) in [5, 5.41) is 0. The number of hydrogen-bond acceptors (Lipinski definition) is 5. The lowest BCUT2D eigenvalue weighted by molar-refractivity contribution is 0.520. The van der Waals surface area contributed by atoms with Crippen LogP contribution >= 0.6 is 0 Å². The minimum atomic E-state index is -0.652. The zero-order valence-corrected chi connectivity index (χ0v) is 26.4. The van der Waals surface area contributed by atoms with Crippen LogP contribution in [-0.2, 0) is 5.54 Å². The van der Waals surface area contributed by atoms with Gasteiger partial charge in [0, 0.05) is 62.0 Å². The van der Waals surface area contributed by atoms with Crippen LogP contribution < -0.4 is 25.6 Å². The Hall–Kier alpha value is -3.96. The Morgan fingerprint density at radius 2 is 0.738 bits per heavy atom. The second kappa shape index (κ2) is 14.8. The van der Waals surface area contributed by atoms with Gasteiger partial charge in [-0.15, -0.1) is 0 Å². The Morgan fingerprint density at radius 3 is 1.02 bits per heavy atom. The average Bonchev–Trinajstić information content (AvgIpc) is 3.05. The van der Waals surface area contributed by atoms with Crippen LogP contribution in [0, 0.1) is 0 Å². The number of para-hydroxylation sites is 1. The molecule has 5 nitrogen and oxygen atoms in total. The van der Waals surface area contributed by atoms with Gasteiger partial charge in [-0.2, -0.15) is 0 Å². The van der Waals surface area contributed by atoms with Gasteiger partial charge in [0.05, 0.1) is 0 Å². The van der Waals surface area contributed by atoms with E-state index >= 15 is 0 Å². The van der Waals surface area contributed by atoms with Gasteiger partial charge in [0.2, 0.25) is 0 Å². The molecule has 222 valence electrons. The van der Waals surface area contributed by atoms with Gasteiger partial charge in [0.25, 0.3) is 0 Å². The maximum atomic E-state index is 3.84. The molecule has 4 aromatic carbocycles. The average molecular weight is 564 g/mol. The summed E-state index contributed by atoms with van der Waals surface area (Å²) >= 11 is 0. The van der Waals surface area contributed by atoms with E-state index in [1.54, 1.807) is 0 Å². The predicted molar refractivity (Wildman–Crippen MR) is 183 cm³/mol. The van der Waals surface area contributed by atoms with Gasteiger partial charge < -0.3 is 20.1 Å². The van der Waals surface area contributed by atoms with Gasteiger partial charge in [0.15, 0.2) is 0 Å². The fraction of sp³-hybridized carbons (Fsp3) is 0.351. The third-order valence-corrected chi connectivity index (χ3v) is 8.45. The van der Waals surface area contributed by atoms with E-state index in [2.05, 4.69) is 164 Å². The van der Waals surface area contributed by atoms with E-state index in [-0.39, 0.29) is 0 Å². The topological polar surface area (TPSA) is 33.8 Å². The van der Waals surface area contributed by atoms with Crippen LogP contribution in [0.1, 0.15) is 58.2 Å². The number of rotatable bonds is 15. The zero-order chi connectivity index (χ0) is 30.0. The molecule has 0 bridgehead atoms. The second-order valence-electron chi connectivity index (χ2n) is 10.5. The van der Waals surface area contributed by atoms with Gasteiger partial charge in [-0.3, -0.25) is 0 Å². The maximum Gasteiger partial charge on any atom is 0.112 e. The molecule has 5 heteroatoms. The Morgan fingerprint density at radius 1 is 0.429 bits per heavy atom. The van der Waals surface area contributed by atoms with Crippen molar-refractivity contribution >= 4 is 22.7 Å². The second-order valence-corrected chi connectivity index (χ2v) is 10.5. The Labute approximate surface area is 254 Å². The van der Waals surface area contributed by atoms with Crippen molar-refractivity contribution in [2.75, 3.05) is 59.4 Å². The first kappa shape index (κ1) is 31.0. The van der Waals surface area contributed by atoms with E-state index in [1.807, 2.05) is 6.07 Å². The van der Waals surface area contributed by atoms with Gasteiger partial charge in [-0.1, -0.05) is 54.6 Å². The van der Waals surface area contributed by atoms with Crippen molar-refractivity contribution in [2.45, 2.75) is 47.1 Å². The van der Waals surface area contributed by atoms with E-state index in [0.717, 1.165) is 45.0 Å². The molecule has 4 aromatic rings. The van der Waals surface area contributed by atoms with Crippen LogP contribution in [0.4, 0.5) is 22.7 Å². The molecule has 0 unspecified atom stereocenters. The van der Waals surface area contributed by atoms with Gasteiger partial charge >= 0.3 is 0 Å². The molecule has 0 amide bonds. The van der Waals surface area contributed by atoms with Crippen molar-refractivity contribution in [3.8, 4) is 0 Å². The molecule has 2 N–H and O–H groups in total. The van der Waals surface area contributed by atoms with Gasteiger partial charge in [0.1, 0.15) is 5.54 Å². The fourth-order valence-electron chi connectivity index (χ4n) is 5.94. The van der Waals surface area contributed by atoms with Crippen LogP contribution in [0.15, 0.2) is 103 Å². The molecular formula is C37H49N5. The highest BCUT2D eigenvalue weighted by Gasteiger charge is 2.37. The Balaban J connectivity index is 1.91. The molecule has 0 heterocycles. The van der Waals surface area contributed by atoms with Crippen LogP contribution in [0.3, 0.4) is 0 Å². The molecule has 0 aliphatic carbocycles. The largest absolute Gasteiger partial charge is 0.372 e. The number of nitrogens with one attached hydrogen (secondary N) is 2. The van der Waals surface area contributed by atoms with Crippen LogP contribution in [0.5, 0.6) is 0 Å². The molecule has 0 saturated heterocycles. The molecular weight excluding hydrogens is 514 g/mol. The van der Waals surface area contributed by atoms with E-state index in [1.165, 1.54) is 33.8 Å². The third kappa shape index (κ3) is 6.57. The molecule has 0 fully saturated rings. The minimum Gasteiger partial charge on any atom is -0.372 e. The highest BCUT2D eigenvalue weighted by Crippen LogP contribution is 2.39. The lowest BCUT2D eigenvalue weighted by atomic mass is 9.77. The first-order valence-corrected chi connectivity index (χ1v) is 15.7. The van der Waals surface area contributed by atoms with Crippen molar-refractivity contribution in [2.24, 2.45) is 0 Å². The quantitative estimate of drug-likeness (QED) is 0.113. The summed E-state index contributed by atoms with van der Waals surface area (Å²) in [6, 6.07) is 37.6. The lowest BCUT2D eigenvalue weighted by Crippen LogP contribution is -2.47. The number of hydrazine groups is 1. The first-order chi connectivity index (χ1) is 20.5. The molecule has 4 rings (SSSR count). The number of benzene rings is 4. The van der Waals surface area contributed by atoms with Crippen molar-refractivity contribution < 1.29 is 0 Å². The maximum absolute atomic E-state index is 3.84. The van der Waals surface area contributed by atoms with Crippen molar-refractivity contribution in [1.82, 2.24) is 5.43 Å². The summed E-state index contributed by atoms with van der Waals surface area (Å²) in [5.41, 5.74) is 15.0. The first-order valence-electron chi connectivity index (χ1n) is 15.7. The van der Waals surface area contributed by atoms with E-state index in [4.69, 9.17) is 0 Å². The molecule has 0 aliphatic heterocycles. The monoisotopic (exact) mass is 563 g/mol. The van der Waals surface area contributed by atoms with Gasteiger partial charge in [-0.25, -0.2) is 5.43 Å². The van der Waals surface area contributed by atoms with Crippen molar-refractivity contribution in [3.63, 3.8) is 0 Å². The summed E-state index contributed by atoms with van der Waals surface area (Å²) < 4.78 is 0. The van der Waals surface area contributed by atoms with Crippen molar-refractivity contribution in [3.05, 3.63) is 120 Å². The summed E-state index contributed by atoms with van der Waals surface area (Å²) in [5.74, 6) is 0.